The molecule has 2 aromatic carbocycles. The zero-order valence-electron chi connectivity index (χ0n) is 29.7. The summed E-state index contributed by atoms with van der Waals surface area (Å²) in [7, 11) is -3.73. The third-order valence-corrected chi connectivity index (χ3v) is 11.1. The van der Waals surface area contributed by atoms with Crippen LogP contribution in [0.2, 0.25) is 0 Å². The predicted octanol–water partition coefficient (Wildman–Crippen LogP) is 5.60. The molecule has 4 atom stereocenters. The van der Waals surface area contributed by atoms with Crippen molar-refractivity contribution in [3.8, 4) is 0 Å². The minimum atomic E-state index is -3.73. The molecule has 0 spiro atoms. The zero-order valence-corrected chi connectivity index (χ0v) is 31.4. The highest BCUT2D eigenvalue weighted by Gasteiger charge is 2.26. The van der Waals surface area contributed by atoms with E-state index in [4.69, 9.17) is 30.0 Å². The largest absolute Gasteiger partial charge is 0.465 e. The topological polar surface area (TPSA) is 201 Å². The van der Waals surface area contributed by atoms with Gasteiger partial charge < -0.3 is 34.6 Å². The Kier molecular flexibility index (Phi) is 15.9. The second kappa shape index (κ2) is 20.3. The molecule has 14 nitrogen and oxygen atoms in total. The number of imidazole rings is 1. The number of aromatic nitrogens is 4. The minimum Gasteiger partial charge on any atom is -0.465 e. The molecule has 3 unspecified atom stereocenters. The molecule has 52 heavy (non-hydrogen) atoms. The van der Waals surface area contributed by atoms with Gasteiger partial charge in [-0.1, -0.05) is 86.6 Å². The molecule has 16 heteroatoms. The second-order valence-corrected chi connectivity index (χ2v) is 15.3. The van der Waals surface area contributed by atoms with E-state index in [1.54, 1.807) is 54.2 Å². The number of carbonyl (C=O) groups is 3. The molecular weight excluding hydrogens is 707 g/mol. The maximum atomic E-state index is 13.7. The van der Waals surface area contributed by atoms with Gasteiger partial charge in [-0.15, -0.1) is 0 Å². The van der Waals surface area contributed by atoms with E-state index in [0.29, 0.717) is 46.6 Å². The number of fused-ring (bicyclic) bond motifs is 1. The highest BCUT2D eigenvalue weighted by molar-refractivity contribution is 8.13. The van der Waals surface area contributed by atoms with E-state index in [-0.39, 0.29) is 61.8 Å². The number of nitrogens with two attached hydrogens (primary N) is 2. The van der Waals surface area contributed by atoms with Gasteiger partial charge in [0.05, 0.1) is 44.7 Å². The molecule has 0 radical (unpaired) electrons. The number of benzene rings is 2. The van der Waals surface area contributed by atoms with Gasteiger partial charge in [0.2, 0.25) is 5.12 Å². The van der Waals surface area contributed by atoms with Crippen LogP contribution >= 0.6 is 19.4 Å². The van der Waals surface area contributed by atoms with E-state index >= 15 is 0 Å². The summed E-state index contributed by atoms with van der Waals surface area (Å²) in [5.74, 6) is -0.309. The zero-order chi connectivity index (χ0) is 37.5. The van der Waals surface area contributed by atoms with Gasteiger partial charge in [0.15, 0.2) is 17.2 Å². The molecule has 0 aliphatic rings. The molecule has 0 saturated heterocycles. The Labute approximate surface area is 307 Å². The van der Waals surface area contributed by atoms with Crippen molar-refractivity contribution in [3.63, 3.8) is 0 Å². The highest BCUT2D eigenvalue weighted by Crippen LogP contribution is 2.48. The molecule has 4 rings (SSSR count). The number of thioether (sulfide) groups is 1. The van der Waals surface area contributed by atoms with Crippen molar-refractivity contribution in [1.82, 2.24) is 19.5 Å². The van der Waals surface area contributed by atoms with Crippen molar-refractivity contribution in [2.75, 3.05) is 44.3 Å². The van der Waals surface area contributed by atoms with E-state index < -0.39 is 25.5 Å². The lowest BCUT2D eigenvalue weighted by Crippen LogP contribution is -2.35. The number of hydrogen-bond donors (Lipinski definition) is 2. The Bertz CT molecular complexity index is 1810. The van der Waals surface area contributed by atoms with Gasteiger partial charge in [0.1, 0.15) is 18.2 Å². The number of ether oxygens (including phenoxy) is 2. The SMILES string of the molecule is CCC(C)[C@@H](N)C(=O)SCCCOP(=O)(COCCn1cnc2c(N)ncnc21)OCCCOC(=O)C(C)c1ccc(C(=O)c2ccccc2)cc1. The first-order valence-corrected chi connectivity index (χ1v) is 19.9. The number of ketones is 1. The van der Waals surface area contributed by atoms with E-state index in [1.807, 2.05) is 32.0 Å². The lowest BCUT2D eigenvalue weighted by molar-refractivity contribution is -0.145. The lowest BCUT2D eigenvalue weighted by atomic mass is 9.97. The third kappa shape index (κ3) is 11.8. The minimum absolute atomic E-state index is 0.0159. The van der Waals surface area contributed by atoms with Crippen molar-refractivity contribution in [2.24, 2.45) is 11.7 Å². The third-order valence-electron chi connectivity index (χ3n) is 8.39. The molecule has 4 N–H and O–H groups in total. The summed E-state index contributed by atoms with van der Waals surface area (Å²) in [5.41, 5.74) is 14.7. The fourth-order valence-corrected chi connectivity index (χ4v) is 7.19. The maximum absolute atomic E-state index is 13.7. The molecule has 0 fully saturated rings. The number of nitrogens with zero attached hydrogens (tertiary/aromatic N) is 4. The molecular formula is C36H47N6O8PS. The van der Waals surface area contributed by atoms with Gasteiger partial charge in [-0.05, 0) is 24.8 Å². The molecule has 280 valence electrons. The number of rotatable bonds is 22. The molecule has 2 heterocycles. The number of anilines is 1. The molecule has 4 aromatic rings. The molecule has 0 amide bonds. The highest BCUT2D eigenvalue weighted by atomic mass is 32.2. The van der Waals surface area contributed by atoms with E-state index in [9.17, 15) is 18.9 Å². The summed E-state index contributed by atoms with van der Waals surface area (Å²) in [6.07, 6.45) is 4.11. The van der Waals surface area contributed by atoms with Crippen molar-refractivity contribution in [2.45, 2.75) is 58.5 Å². The van der Waals surface area contributed by atoms with Crippen molar-refractivity contribution >= 4 is 53.2 Å². The molecule has 0 aliphatic heterocycles. The summed E-state index contributed by atoms with van der Waals surface area (Å²) in [4.78, 5) is 50.2. The average Bonchev–Trinajstić information content (AvgIpc) is 3.59. The lowest BCUT2D eigenvalue weighted by Gasteiger charge is -2.19. The monoisotopic (exact) mass is 754 g/mol. The number of carbonyl (C=O) groups excluding carboxylic acids is 3. The maximum Gasteiger partial charge on any atom is 0.356 e. The van der Waals surface area contributed by atoms with Crippen molar-refractivity contribution < 1.29 is 37.5 Å². The van der Waals surface area contributed by atoms with E-state index in [0.717, 1.165) is 18.2 Å². The Hall–Kier alpha value is -3.98. The number of nitrogen functional groups attached to an aromatic ring is 1. The smallest absolute Gasteiger partial charge is 0.356 e. The first kappa shape index (κ1) is 40.8. The van der Waals surface area contributed by atoms with Crippen LogP contribution in [0, 0.1) is 5.92 Å². The van der Waals surface area contributed by atoms with Crippen LogP contribution in [0.15, 0.2) is 67.3 Å². The van der Waals surface area contributed by atoms with Crippen LogP contribution in [0.25, 0.3) is 11.2 Å². The fourth-order valence-electron chi connectivity index (χ4n) is 4.91. The van der Waals surface area contributed by atoms with Crippen LogP contribution in [0.3, 0.4) is 0 Å². The Balaban J connectivity index is 1.23. The van der Waals surface area contributed by atoms with Gasteiger partial charge in [-0.3, -0.25) is 18.9 Å². The molecule has 0 bridgehead atoms. The van der Waals surface area contributed by atoms with E-state index in [1.165, 1.54) is 6.33 Å². The van der Waals surface area contributed by atoms with Gasteiger partial charge in [-0.25, -0.2) is 15.0 Å². The molecule has 2 aromatic heterocycles. The second-order valence-electron chi connectivity index (χ2n) is 12.2. The number of hydrogen-bond acceptors (Lipinski definition) is 14. The molecule has 0 aliphatic carbocycles. The van der Waals surface area contributed by atoms with Crippen LogP contribution in [0.5, 0.6) is 0 Å². The van der Waals surface area contributed by atoms with Crippen LogP contribution in [-0.4, -0.2) is 81.0 Å². The Morgan fingerprint density at radius 1 is 0.904 bits per heavy atom. The summed E-state index contributed by atoms with van der Waals surface area (Å²) in [6, 6.07) is 15.3. The normalized spacial score (nSPS) is 14.4. The first-order chi connectivity index (χ1) is 25.0. The number of esters is 1. The van der Waals surface area contributed by atoms with Crippen molar-refractivity contribution in [3.05, 3.63) is 83.9 Å². The quantitative estimate of drug-likeness (QED) is 0.0435. The van der Waals surface area contributed by atoms with Gasteiger partial charge in [-0.2, -0.15) is 0 Å². The van der Waals surface area contributed by atoms with Crippen LogP contribution in [-0.2, 0) is 39.2 Å². The Morgan fingerprint density at radius 3 is 2.31 bits per heavy atom. The summed E-state index contributed by atoms with van der Waals surface area (Å²) < 4.78 is 38.0. The summed E-state index contributed by atoms with van der Waals surface area (Å²) in [6.45, 7) is 6.24. The van der Waals surface area contributed by atoms with Gasteiger partial charge in [0, 0.05) is 29.8 Å². The van der Waals surface area contributed by atoms with Crippen LogP contribution < -0.4 is 11.5 Å². The van der Waals surface area contributed by atoms with Gasteiger partial charge in [0.25, 0.3) is 0 Å². The fraction of sp³-hybridized carbons (Fsp3) is 0.444. The summed E-state index contributed by atoms with van der Waals surface area (Å²) >= 11 is 1.13. The Morgan fingerprint density at radius 2 is 1.60 bits per heavy atom. The van der Waals surface area contributed by atoms with Crippen LogP contribution in [0.4, 0.5) is 5.82 Å². The first-order valence-electron chi connectivity index (χ1n) is 17.2. The predicted molar refractivity (Wildman–Crippen MR) is 200 cm³/mol. The average molecular weight is 755 g/mol. The molecule has 0 saturated carbocycles. The van der Waals surface area contributed by atoms with Gasteiger partial charge >= 0.3 is 13.6 Å². The van der Waals surface area contributed by atoms with Crippen LogP contribution in [0.1, 0.15) is 67.4 Å². The van der Waals surface area contributed by atoms with E-state index in [2.05, 4.69) is 15.0 Å². The summed E-state index contributed by atoms with van der Waals surface area (Å²) in [5, 5.41) is -0.0878. The van der Waals surface area contributed by atoms with Crippen molar-refractivity contribution in [1.29, 1.82) is 0 Å². The standard InChI is InChI=1S/C36H47N6O8PS/c1-4-25(2)30(37)36(45)52-21-9-19-50-51(46,24-47-20-16-42-23-41-31-33(38)39-22-40-34(31)42)49-18-8-17-48-35(44)26(3)27-12-14-29(15-13-27)32(43)28-10-6-5-7-11-28/h5-7,10-15,22-23,25-26,30H,4,8-9,16-21,24,37H2,1-3H3,(H2,38,39,40)/t25?,26?,30-,51?/m1/s1.